The van der Waals surface area contributed by atoms with E-state index in [2.05, 4.69) is 6.58 Å². The van der Waals surface area contributed by atoms with Gasteiger partial charge < -0.3 is 29.2 Å². The van der Waals surface area contributed by atoms with Crippen molar-refractivity contribution in [2.75, 3.05) is 28.4 Å². The number of hydrogen-bond acceptors (Lipinski definition) is 6. The number of aromatic hydroxyl groups is 2. The van der Waals surface area contributed by atoms with Crippen LogP contribution in [-0.4, -0.2) is 38.7 Å². The van der Waals surface area contributed by atoms with Crippen molar-refractivity contribution in [1.82, 2.24) is 0 Å². The van der Waals surface area contributed by atoms with Gasteiger partial charge in [-0.3, -0.25) is 0 Å². The van der Waals surface area contributed by atoms with Crippen molar-refractivity contribution in [2.45, 2.75) is 18.8 Å². The number of allylic oxidation sites excluding steroid dienone is 1. The standard InChI is InChI=1S/C22H26O6/c1-6-12-7-8-13-9-17(27-4)21(24)22(28-5)19(13)18(12)14-10-15(25-2)20(23)16(11-14)26-3/h6,9-12,18,23-24H,1,7-8H2,2-5H3/t12-,18-/m0/s1. The van der Waals surface area contributed by atoms with E-state index in [4.69, 9.17) is 18.9 Å². The van der Waals surface area contributed by atoms with Gasteiger partial charge in [0.2, 0.25) is 11.5 Å². The van der Waals surface area contributed by atoms with Crippen LogP contribution in [0, 0.1) is 5.92 Å². The molecule has 0 spiro atoms. The third kappa shape index (κ3) is 3.09. The summed E-state index contributed by atoms with van der Waals surface area (Å²) in [6, 6.07) is 5.43. The number of benzene rings is 2. The monoisotopic (exact) mass is 386 g/mol. The molecule has 0 bridgehead atoms. The van der Waals surface area contributed by atoms with Gasteiger partial charge in [-0.1, -0.05) is 6.08 Å². The second-order valence-electron chi connectivity index (χ2n) is 6.72. The summed E-state index contributed by atoms with van der Waals surface area (Å²) in [5.74, 6) is 1.27. The lowest BCUT2D eigenvalue weighted by atomic mass is 9.71. The van der Waals surface area contributed by atoms with Crippen LogP contribution in [0.15, 0.2) is 30.9 Å². The number of ether oxygens (including phenoxy) is 4. The average Bonchev–Trinajstić information content (AvgIpc) is 2.72. The third-order valence-electron chi connectivity index (χ3n) is 5.42. The Kier molecular flexibility index (Phi) is 5.58. The first-order valence-electron chi connectivity index (χ1n) is 9.04. The van der Waals surface area contributed by atoms with E-state index in [0.717, 1.165) is 29.5 Å². The van der Waals surface area contributed by atoms with Crippen LogP contribution >= 0.6 is 0 Å². The minimum Gasteiger partial charge on any atom is -0.502 e. The van der Waals surface area contributed by atoms with E-state index < -0.39 is 0 Å². The molecule has 1 aliphatic rings. The molecule has 0 fully saturated rings. The van der Waals surface area contributed by atoms with Gasteiger partial charge in [0, 0.05) is 11.5 Å². The minimum absolute atomic E-state index is 0.0313. The van der Waals surface area contributed by atoms with Gasteiger partial charge in [-0.15, -0.1) is 6.58 Å². The van der Waals surface area contributed by atoms with Crippen LogP contribution in [0.2, 0.25) is 0 Å². The summed E-state index contributed by atoms with van der Waals surface area (Å²) in [7, 11) is 6.04. The third-order valence-corrected chi connectivity index (χ3v) is 5.42. The largest absolute Gasteiger partial charge is 0.502 e. The topological polar surface area (TPSA) is 77.4 Å². The summed E-state index contributed by atoms with van der Waals surface area (Å²) >= 11 is 0. The zero-order valence-corrected chi connectivity index (χ0v) is 16.6. The molecule has 0 radical (unpaired) electrons. The second kappa shape index (κ2) is 7.92. The van der Waals surface area contributed by atoms with Crippen LogP contribution in [0.25, 0.3) is 0 Å². The first-order chi connectivity index (χ1) is 13.5. The Labute approximate surface area is 164 Å². The number of hydrogen-bond donors (Lipinski definition) is 2. The van der Waals surface area contributed by atoms with E-state index in [0.29, 0.717) is 23.0 Å². The van der Waals surface area contributed by atoms with Gasteiger partial charge in [-0.25, -0.2) is 0 Å². The fraction of sp³-hybridized carbons (Fsp3) is 0.364. The molecule has 0 heterocycles. The highest BCUT2D eigenvalue weighted by atomic mass is 16.5. The number of aryl methyl sites for hydroxylation is 1. The lowest BCUT2D eigenvalue weighted by Crippen LogP contribution is -2.21. The van der Waals surface area contributed by atoms with E-state index in [1.807, 2.05) is 12.1 Å². The minimum atomic E-state index is -0.156. The molecule has 2 aromatic rings. The lowest BCUT2D eigenvalue weighted by Gasteiger charge is -2.34. The first-order valence-corrected chi connectivity index (χ1v) is 9.04. The van der Waals surface area contributed by atoms with E-state index in [1.54, 1.807) is 12.1 Å². The van der Waals surface area contributed by atoms with Gasteiger partial charge in [-0.05, 0) is 48.1 Å². The van der Waals surface area contributed by atoms with E-state index >= 15 is 0 Å². The summed E-state index contributed by atoms with van der Waals surface area (Å²) < 4.78 is 21.6. The zero-order chi connectivity index (χ0) is 20.4. The molecule has 0 saturated carbocycles. The van der Waals surface area contributed by atoms with Crippen molar-refractivity contribution >= 4 is 0 Å². The Hall–Kier alpha value is -3.02. The molecule has 6 heteroatoms. The van der Waals surface area contributed by atoms with Crippen LogP contribution in [0.4, 0.5) is 0 Å². The number of phenolic OH excluding ortho intramolecular Hbond substituents is 2. The summed E-state index contributed by atoms with van der Waals surface area (Å²) in [4.78, 5) is 0. The predicted octanol–water partition coefficient (Wildman–Crippen LogP) is 4.01. The van der Waals surface area contributed by atoms with E-state index in [1.165, 1.54) is 28.4 Å². The molecule has 0 amide bonds. The molecular weight excluding hydrogens is 360 g/mol. The van der Waals surface area contributed by atoms with Crippen molar-refractivity contribution in [3.63, 3.8) is 0 Å². The molecule has 6 nitrogen and oxygen atoms in total. The average molecular weight is 386 g/mol. The number of methoxy groups -OCH3 is 4. The maximum atomic E-state index is 10.6. The van der Waals surface area contributed by atoms with Gasteiger partial charge in [0.15, 0.2) is 23.0 Å². The Bertz CT molecular complexity index is 864. The second-order valence-corrected chi connectivity index (χ2v) is 6.72. The number of fused-ring (bicyclic) bond motifs is 1. The molecule has 0 unspecified atom stereocenters. The molecule has 3 rings (SSSR count). The van der Waals surface area contributed by atoms with E-state index in [9.17, 15) is 10.2 Å². The van der Waals surface area contributed by atoms with Crippen molar-refractivity contribution in [3.05, 3.63) is 47.5 Å². The van der Waals surface area contributed by atoms with Gasteiger partial charge in [0.05, 0.1) is 28.4 Å². The Morgan fingerprint density at radius 3 is 1.96 bits per heavy atom. The molecule has 2 aromatic carbocycles. The van der Waals surface area contributed by atoms with Crippen LogP contribution in [0.5, 0.6) is 34.5 Å². The highest BCUT2D eigenvalue weighted by molar-refractivity contribution is 5.64. The van der Waals surface area contributed by atoms with Crippen molar-refractivity contribution in [2.24, 2.45) is 5.92 Å². The fourth-order valence-electron chi connectivity index (χ4n) is 4.06. The molecule has 2 N–H and O–H groups in total. The van der Waals surface area contributed by atoms with Crippen LogP contribution in [0.1, 0.15) is 29.0 Å². The fourth-order valence-corrected chi connectivity index (χ4v) is 4.06. The summed E-state index contributed by atoms with van der Waals surface area (Å²) in [6.07, 6.45) is 3.60. The highest BCUT2D eigenvalue weighted by Gasteiger charge is 2.35. The molecule has 1 aliphatic carbocycles. The van der Waals surface area contributed by atoms with Gasteiger partial charge in [0.1, 0.15) is 0 Å². The SMILES string of the molecule is C=C[C@H]1CCc2cc(OC)c(O)c(OC)c2[C@@H]1c1cc(OC)c(O)c(OC)c1. The van der Waals surface area contributed by atoms with Gasteiger partial charge >= 0.3 is 0 Å². The molecule has 0 saturated heterocycles. The summed E-state index contributed by atoms with van der Waals surface area (Å²) in [6.45, 7) is 4.01. The molecule has 150 valence electrons. The van der Waals surface area contributed by atoms with Gasteiger partial charge in [0.25, 0.3) is 0 Å². The Morgan fingerprint density at radius 1 is 0.893 bits per heavy atom. The Morgan fingerprint density at radius 2 is 1.46 bits per heavy atom. The molecule has 0 aliphatic heterocycles. The number of phenols is 2. The number of rotatable bonds is 6. The van der Waals surface area contributed by atoms with Crippen LogP contribution in [-0.2, 0) is 6.42 Å². The normalized spacial score (nSPS) is 18.1. The maximum absolute atomic E-state index is 10.6. The highest BCUT2D eigenvalue weighted by Crippen LogP contribution is 2.53. The molecule has 2 atom stereocenters. The first kappa shape index (κ1) is 19.7. The smallest absolute Gasteiger partial charge is 0.201 e. The van der Waals surface area contributed by atoms with Crippen LogP contribution < -0.4 is 18.9 Å². The summed E-state index contributed by atoms with van der Waals surface area (Å²) in [5.41, 5.74) is 2.80. The van der Waals surface area contributed by atoms with Gasteiger partial charge in [-0.2, -0.15) is 0 Å². The van der Waals surface area contributed by atoms with Crippen molar-refractivity contribution in [1.29, 1.82) is 0 Å². The quantitative estimate of drug-likeness (QED) is 0.731. The zero-order valence-electron chi connectivity index (χ0n) is 16.6. The summed E-state index contributed by atoms with van der Waals surface area (Å²) in [5, 5.41) is 20.9. The molecule has 0 aromatic heterocycles. The predicted molar refractivity (Wildman–Crippen MR) is 106 cm³/mol. The maximum Gasteiger partial charge on any atom is 0.201 e. The molecular formula is C22H26O6. The molecule has 28 heavy (non-hydrogen) atoms. The van der Waals surface area contributed by atoms with Crippen LogP contribution in [0.3, 0.4) is 0 Å². The van der Waals surface area contributed by atoms with Crippen molar-refractivity contribution < 1.29 is 29.2 Å². The Balaban J connectivity index is 2.30. The van der Waals surface area contributed by atoms with E-state index in [-0.39, 0.29) is 23.3 Å². The lowest BCUT2D eigenvalue weighted by molar-refractivity contribution is 0.328. The van der Waals surface area contributed by atoms with Crippen molar-refractivity contribution in [3.8, 4) is 34.5 Å².